The molecule has 1 aromatic rings. The minimum atomic E-state index is 0.846. The Morgan fingerprint density at radius 1 is 1.67 bits per heavy atom. The van der Waals surface area contributed by atoms with Crippen LogP contribution in [0.4, 0.5) is 0 Å². The van der Waals surface area contributed by atoms with Gasteiger partial charge in [0, 0.05) is 27.8 Å². The third-order valence-electron chi connectivity index (χ3n) is 2.86. The molecule has 1 fully saturated rings. The average Bonchev–Trinajstić information content (AvgIpc) is 2.78. The molecule has 0 aliphatic carbocycles. The molecule has 2 rings (SSSR count). The fraction of sp³-hybridized carbons (Fsp3) is 0.636. The highest BCUT2D eigenvalue weighted by molar-refractivity contribution is 9.10. The Bertz CT molecular complexity index is 313. The van der Waals surface area contributed by atoms with E-state index in [9.17, 15) is 0 Å². The Kier molecular flexibility index (Phi) is 4.20. The van der Waals surface area contributed by atoms with Gasteiger partial charge in [-0.25, -0.2) is 0 Å². The number of likely N-dealkylation sites (tertiary alicyclic amines) is 1. The van der Waals surface area contributed by atoms with E-state index in [0.29, 0.717) is 0 Å². The largest absolute Gasteiger partial charge is 0.319 e. The third-order valence-corrected chi connectivity index (χ3v) is 4.55. The normalized spacial score (nSPS) is 22.4. The first kappa shape index (κ1) is 11.6. The number of hydrogen-bond donors (Lipinski definition) is 1. The molecular formula is C11H17BrN2S. The molecule has 15 heavy (non-hydrogen) atoms. The number of rotatable bonds is 4. The maximum Gasteiger partial charge on any atom is 0.0328 e. The predicted molar refractivity (Wildman–Crippen MR) is 69.3 cm³/mol. The highest BCUT2D eigenvalue weighted by Crippen LogP contribution is 2.24. The summed E-state index contributed by atoms with van der Waals surface area (Å²) in [7, 11) is 2.04. The van der Waals surface area contributed by atoms with Gasteiger partial charge in [-0.15, -0.1) is 11.3 Å². The Morgan fingerprint density at radius 2 is 2.53 bits per heavy atom. The van der Waals surface area contributed by atoms with Gasteiger partial charge >= 0.3 is 0 Å². The van der Waals surface area contributed by atoms with Gasteiger partial charge in [-0.3, -0.25) is 4.90 Å². The van der Waals surface area contributed by atoms with Crippen molar-refractivity contribution < 1.29 is 0 Å². The van der Waals surface area contributed by atoms with E-state index in [4.69, 9.17) is 0 Å². The molecule has 2 heterocycles. The topological polar surface area (TPSA) is 15.3 Å². The Labute approximate surface area is 104 Å². The fourth-order valence-corrected chi connectivity index (χ4v) is 3.66. The van der Waals surface area contributed by atoms with Crippen LogP contribution in [0.25, 0.3) is 0 Å². The van der Waals surface area contributed by atoms with E-state index in [-0.39, 0.29) is 0 Å². The van der Waals surface area contributed by atoms with E-state index in [1.165, 1.54) is 28.9 Å². The van der Waals surface area contributed by atoms with E-state index in [2.05, 4.69) is 37.6 Å². The van der Waals surface area contributed by atoms with Crippen LogP contribution in [0.2, 0.25) is 0 Å². The molecule has 0 spiro atoms. The molecule has 1 aromatic heterocycles. The molecule has 0 amide bonds. The summed E-state index contributed by atoms with van der Waals surface area (Å²) in [6.45, 7) is 4.78. The van der Waals surface area contributed by atoms with Crippen LogP contribution >= 0.6 is 27.3 Å². The molecule has 1 aliphatic rings. The van der Waals surface area contributed by atoms with Crippen molar-refractivity contribution in [2.24, 2.45) is 5.92 Å². The maximum absolute atomic E-state index is 3.50. The first-order chi connectivity index (χ1) is 7.28. The monoisotopic (exact) mass is 288 g/mol. The molecule has 1 atom stereocenters. The lowest BCUT2D eigenvalue weighted by Gasteiger charge is -2.14. The standard InChI is InChI=1S/C11H17BrN2S/c1-13-5-9-2-3-14(6-9)7-11-4-10(12)8-15-11/h4,8-9,13H,2-3,5-7H2,1H3. The van der Waals surface area contributed by atoms with Crippen LogP contribution in [-0.2, 0) is 6.54 Å². The number of halogens is 1. The maximum atomic E-state index is 3.50. The van der Waals surface area contributed by atoms with E-state index < -0.39 is 0 Å². The molecule has 1 unspecified atom stereocenters. The highest BCUT2D eigenvalue weighted by Gasteiger charge is 2.21. The number of hydrogen-bond acceptors (Lipinski definition) is 3. The lowest BCUT2D eigenvalue weighted by Crippen LogP contribution is -2.24. The molecule has 1 saturated heterocycles. The van der Waals surface area contributed by atoms with Crippen LogP contribution in [0.5, 0.6) is 0 Å². The molecule has 2 nitrogen and oxygen atoms in total. The van der Waals surface area contributed by atoms with Crippen molar-refractivity contribution in [3.63, 3.8) is 0 Å². The van der Waals surface area contributed by atoms with Gasteiger partial charge < -0.3 is 5.32 Å². The average molecular weight is 289 g/mol. The van der Waals surface area contributed by atoms with Crippen LogP contribution in [-0.4, -0.2) is 31.6 Å². The third kappa shape index (κ3) is 3.28. The van der Waals surface area contributed by atoms with Gasteiger partial charge in [-0.2, -0.15) is 0 Å². The van der Waals surface area contributed by atoms with Crippen molar-refractivity contribution in [3.05, 3.63) is 20.8 Å². The van der Waals surface area contributed by atoms with Gasteiger partial charge in [-0.05, 0) is 54.5 Å². The smallest absolute Gasteiger partial charge is 0.0328 e. The Morgan fingerprint density at radius 3 is 3.20 bits per heavy atom. The number of nitrogens with one attached hydrogen (secondary N) is 1. The zero-order chi connectivity index (χ0) is 10.7. The first-order valence-electron chi connectivity index (χ1n) is 5.38. The van der Waals surface area contributed by atoms with Crippen LogP contribution < -0.4 is 5.32 Å². The van der Waals surface area contributed by atoms with Gasteiger partial charge in [0.1, 0.15) is 0 Å². The van der Waals surface area contributed by atoms with Gasteiger partial charge in [0.25, 0.3) is 0 Å². The lowest BCUT2D eigenvalue weighted by atomic mass is 10.1. The summed E-state index contributed by atoms with van der Waals surface area (Å²) in [4.78, 5) is 4.02. The number of nitrogens with zero attached hydrogens (tertiary/aromatic N) is 1. The SMILES string of the molecule is CNCC1CCN(Cc2cc(Br)cs2)C1. The van der Waals surface area contributed by atoms with Crippen molar-refractivity contribution in [2.45, 2.75) is 13.0 Å². The molecule has 0 aromatic carbocycles. The van der Waals surface area contributed by atoms with E-state index >= 15 is 0 Å². The molecule has 0 saturated carbocycles. The first-order valence-corrected chi connectivity index (χ1v) is 7.05. The van der Waals surface area contributed by atoms with Crippen LogP contribution in [0.3, 0.4) is 0 Å². The zero-order valence-electron chi connectivity index (χ0n) is 9.00. The quantitative estimate of drug-likeness (QED) is 0.916. The van der Waals surface area contributed by atoms with Crippen molar-refractivity contribution in [2.75, 3.05) is 26.7 Å². The van der Waals surface area contributed by atoms with Crippen LogP contribution in [0.15, 0.2) is 15.9 Å². The minimum absolute atomic E-state index is 0.846. The van der Waals surface area contributed by atoms with Gasteiger partial charge in [0.15, 0.2) is 0 Å². The van der Waals surface area contributed by atoms with E-state index in [0.717, 1.165) is 19.0 Å². The zero-order valence-corrected chi connectivity index (χ0v) is 11.4. The predicted octanol–water partition coefficient (Wildman–Crippen LogP) is 2.55. The van der Waals surface area contributed by atoms with Gasteiger partial charge in [0.05, 0.1) is 0 Å². The van der Waals surface area contributed by atoms with Crippen LogP contribution in [0.1, 0.15) is 11.3 Å². The molecule has 1 aliphatic heterocycles. The van der Waals surface area contributed by atoms with Crippen molar-refractivity contribution >= 4 is 27.3 Å². The summed E-state index contributed by atoms with van der Waals surface area (Å²) in [6.07, 6.45) is 1.34. The lowest BCUT2D eigenvalue weighted by molar-refractivity contribution is 0.318. The second-order valence-corrected chi connectivity index (χ2v) is 6.09. The summed E-state index contributed by atoms with van der Waals surface area (Å²) in [5, 5.41) is 5.43. The fourth-order valence-electron chi connectivity index (χ4n) is 2.17. The minimum Gasteiger partial charge on any atom is -0.319 e. The van der Waals surface area contributed by atoms with Crippen molar-refractivity contribution in [1.82, 2.24) is 10.2 Å². The summed E-state index contributed by atoms with van der Waals surface area (Å²) >= 11 is 5.35. The highest BCUT2D eigenvalue weighted by atomic mass is 79.9. The summed E-state index contributed by atoms with van der Waals surface area (Å²) in [6, 6.07) is 2.23. The van der Waals surface area contributed by atoms with Crippen LogP contribution in [0, 0.1) is 5.92 Å². The van der Waals surface area contributed by atoms with E-state index in [1.54, 1.807) is 0 Å². The number of thiophene rings is 1. The van der Waals surface area contributed by atoms with E-state index in [1.807, 2.05) is 18.4 Å². The molecule has 4 heteroatoms. The summed E-state index contributed by atoms with van der Waals surface area (Å²) in [5.74, 6) is 0.846. The Balaban J connectivity index is 1.82. The summed E-state index contributed by atoms with van der Waals surface area (Å²) in [5.41, 5.74) is 0. The molecule has 84 valence electrons. The molecule has 1 N–H and O–H groups in total. The van der Waals surface area contributed by atoms with Crippen molar-refractivity contribution in [1.29, 1.82) is 0 Å². The Hall–Kier alpha value is 0.1000. The second-order valence-electron chi connectivity index (χ2n) is 4.18. The molecule has 0 bridgehead atoms. The van der Waals surface area contributed by atoms with Gasteiger partial charge in [0.2, 0.25) is 0 Å². The second kappa shape index (κ2) is 5.43. The molecule has 0 radical (unpaired) electrons. The van der Waals surface area contributed by atoms with Crippen molar-refractivity contribution in [3.8, 4) is 0 Å². The van der Waals surface area contributed by atoms with Gasteiger partial charge in [-0.1, -0.05) is 0 Å². The summed E-state index contributed by atoms with van der Waals surface area (Å²) < 4.78 is 1.22. The molecular weight excluding hydrogens is 272 g/mol.